The van der Waals surface area contributed by atoms with E-state index in [0.29, 0.717) is 11.6 Å². The lowest BCUT2D eigenvalue weighted by molar-refractivity contribution is 0.0747. The predicted molar refractivity (Wildman–Crippen MR) is 81.0 cm³/mol. The van der Waals surface area contributed by atoms with E-state index in [0.717, 1.165) is 29.5 Å². The van der Waals surface area contributed by atoms with Crippen molar-refractivity contribution in [2.75, 3.05) is 6.54 Å². The van der Waals surface area contributed by atoms with Gasteiger partial charge < -0.3 is 4.90 Å². The molecule has 1 amide bonds. The molecule has 0 N–H and O–H groups in total. The van der Waals surface area contributed by atoms with Crippen LogP contribution in [-0.2, 0) is 0 Å². The van der Waals surface area contributed by atoms with Crippen LogP contribution in [0.3, 0.4) is 0 Å². The van der Waals surface area contributed by atoms with E-state index in [1.807, 2.05) is 29.2 Å². The first kappa shape index (κ1) is 13.4. The summed E-state index contributed by atoms with van der Waals surface area (Å²) in [5, 5.41) is 4.29. The Morgan fingerprint density at radius 2 is 2.10 bits per heavy atom. The highest BCUT2D eigenvalue weighted by atomic mass is 79.9. The van der Waals surface area contributed by atoms with Crippen LogP contribution in [0.5, 0.6) is 0 Å². The first-order valence-corrected chi connectivity index (χ1v) is 7.56. The van der Waals surface area contributed by atoms with Gasteiger partial charge in [-0.1, -0.05) is 15.9 Å². The second kappa shape index (κ2) is 5.40. The normalized spacial score (nSPS) is 18.5. The Labute approximate surface area is 126 Å². The number of halogens is 1. The number of benzene rings is 1. The van der Waals surface area contributed by atoms with Crippen molar-refractivity contribution in [1.82, 2.24) is 14.7 Å². The number of carbonyl (C=O) groups is 1. The zero-order valence-electron chi connectivity index (χ0n) is 11.3. The smallest absolute Gasteiger partial charge is 0.257 e. The molecule has 1 aliphatic rings. The standard InChI is InChI=1S/C15H16BrN3O/c1-11-3-2-8-18(11)15(20)12-9-17-19(10-12)14-6-4-13(16)5-7-14/h4-7,9-11H,2-3,8H2,1H3. The van der Waals surface area contributed by atoms with E-state index in [2.05, 4.69) is 28.0 Å². The molecule has 0 bridgehead atoms. The van der Waals surface area contributed by atoms with Crippen molar-refractivity contribution < 1.29 is 4.79 Å². The van der Waals surface area contributed by atoms with Gasteiger partial charge in [0.15, 0.2) is 0 Å². The van der Waals surface area contributed by atoms with Gasteiger partial charge in [0.25, 0.3) is 5.91 Å². The lowest BCUT2D eigenvalue weighted by Gasteiger charge is -2.20. The van der Waals surface area contributed by atoms with Crippen molar-refractivity contribution in [3.05, 3.63) is 46.7 Å². The zero-order chi connectivity index (χ0) is 14.1. The van der Waals surface area contributed by atoms with Gasteiger partial charge in [0.2, 0.25) is 0 Å². The number of hydrogen-bond donors (Lipinski definition) is 0. The largest absolute Gasteiger partial charge is 0.336 e. The third kappa shape index (κ3) is 2.50. The van der Waals surface area contributed by atoms with E-state index in [1.54, 1.807) is 17.1 Å². The minimum Gasteiger partial charge on any atom is -0.336 e. The molecule has 1 atom stereocenters. The van der Waals surface area contributed by atoms with E-state index < -0.39 is 0 Å². The lowest BCUT2D eigenvalue weighted by Crippen LogP contribution is -2.33. The molecule has 5 heteroatoms. The van der Waals surface area contributed by atoms with Gasteiger partial charge >= 0.3 is 0 Å². The Morgan fingerprint density at radius 1 is 1.35 bits per heavy atom. The molecule has 1 aromatic heterocycles. The molecule has 1 aromatic carbocycles. The van der Waals surface area contributed by atoms with E-state index >= 15 is 0 Å². The molecule has 2 aromatic rings. The first-order chi connectivity index (χ1) is 9.65. The Bertz CT molecular complexity index is 620. The maximum Gasteiger partial charge on any atom is 0.257 e. The van der Waals surface area contributed by atoms with Crippen molar-refractivity contribution in [2.45, 2.75) is 25.8 Å². The Kier molecular flexibility index (Phi) is 3.61. The molecule has 0 aliphatic carbocycles. The van der Waals surface area contributed by atoms with Crippen molar-refractivity contribution in [3.63, 3.8) is 0 Å². The summed E-state index contributed by atoms with van der Waals surface area (Å²) in [6, 6.07) is 8.17. The van der Waals surface area contributed by atoms with Crippen LogP contribution in [0.25, 0.3) is 5.69 Å². The minimum atomic E-state index is 0.0818. The zero-order valence-corrected chi connectivity index (χ0v) is 12.9. The summed E-state index contributed by atoms with van der Waals surface area (Å²) >= 11 is 3.41. The third-order valence-electron chi connectivity index (χ3n) is 3.73. The molecule has 0 saturated carbocycles. The Hall–Kier alpha value is -1.62. The van der Waals surface area contributed by atoms with E-state index in [9.17, 15) is 4.79 Å². The summed E-state index contributed by atoms with van der Waals surface area (Å²) in [4.78, 5) is 14.4. The fraction of sp³-hybridized carbons (Fsp3) is 0.333. The van der Waals surface area contributed by atoms with Gasteiger partial charge in [-0.25, -0.2) is 4.68 Å². The van der Waals surface area contributed by atoms with Crippen LogP contribution in [0.4, 0.5) is 0 Å². The van der Waals surface area contributed by atoms with Crippen LogP contribution < -0.4 is 0 Å². The number of likely N-dealkylation sites (tertiary alicyclic amines) is 1. The Balaban J connectivity index is 1.83. The summed E-state index contributed by atoms with van der Waals surface area (Å²) in [5.41, 5.74) is 1.60. The van der Waals surface area contributed by atoms with Gasteiger partial charge in [0, 0.05) is 23.3 Å². The SMILES string of the molecule is CC1CCCN1C(=O)c1cnn(-c2ccc(Br)cc2)c1. The fourth-order valence-electron chi connectivity index (χ4n) is 2.57. The highest BCUT2D eigenvalue weighted by Gasteiger charge is 2.26. The first-order valence-electron chi connectivity index (χ1n) is 6.77. The molecule has 1 fully saturated rings. The number of nitrogens with zero attached hydrogens (tertiary/aromatic N) is 3. The summed E-state index contributed by atoms with van der Waals surface area (Å²) in [5.74, 6) is 0.0818. The van der Waals surface area contributed by atoms with Crippen LogP contribution in [0.1, 0.15) is 30.1 Å². The molecule has 104 valence electrons. The molecule has 1 saturated heterocycles. The average Bonchev–Trinajstić information content (AvgIpc) is 3.08. The van der Waals surface area contributed by atoms with Crippen molar-refractivity contribution in [3.8, 4) is 5.69 Å². The molecule has 2 heterocycles. The Morgan fingerprint density at radius 3 is 2.75 bits per heavy atom. The molecule has 0 spiro atoms. The summed E-state index contributed by atoms with van der Waals surface area (Å²) in [7, 11) is 0. The molecule has 3 rings (SSSR count). The van der Waals surface area contributed by atoms with Crippen molar-refractivity contribution >= 4 is 21.8 Å². The predicted octanol–water partition coefficient (Wildman–Crippen LogP) is 3.26. The molecular weight excluding hydrogens is 318 g/mol. The highest BCUT2D eigenvalue weighted by Crippen LogP contribution is 2.20. The van der Waals surface area contributed by atoms with Crippen LogP contribution in [0.2, 0.25) is 0 Å². The quantitative estimate of drug-likeness (QED) is 0.845. The van der Waals surface area contributed by atoms with Crippen LogP contribution in [0.15, 0.2) is 41.1 Å². The second-order valence-corrected chi connectivity index (χ2v) is 6.06. The minimum absolute atomic E-state index is 0.0818. The lowest BCUT2D eigenvalue weighted by atomic mass is 10.2. The van der Waals surface area contributed by atoms with E-state index in [-0.39, 0.29) is 5.91 Å². The highest BCUT2D eigenvalue weighted by molar-refractivity contribution is 9.10. The summed E-state index contributed by atoms with van der Waals surface area (Å²) in [6.07, 6.45) is 5.63. The van der Waals surface area contributed by atoms with Gasteiger partial charge in [-0.15, -0.1) is 0 Å². The number of aromatic nitrogens is 2. The average molecular weight is 334 g/mol. The second-order valence-electron chi connectivity index (χ2n) is 5.14. The monoisotopic (exact) mass is 333 g/mol. The third-order valence-corrected chi connectivity index (χ3v) is 4.26. The molecule has 0 radical (unpaired) electrons. The summed E-state index contributed by atoms with van der Waals surface area (Å²) in [6.45, 7) is 2.95. The van der Waals surface area contributed by atoms with Crippen LogP contribution in [-0.4, -0.2) is 33.2 Å². The number of hydrogen-bond acceptors (Lipinski definition) is 2. The van der Waals surface area contributed by atoms with Gasteiger partial charge in [0.05, 0.1) is 17.4 Å². The fourth-order valence-corrected chi connectivity index (χ4v) is 2.83. The van der Waals surface area contributed by atoms with Gasteiger partial charge in [-0.05, 0) is 44.0 Å². The number of carbonyl (C=O) groups excluding carboxylic acids is 1. The maximum atomic E-state index is 12.4. The van der Waals surface area contributed by atoms with Gasteiger partial charge in [-0.2, -0.15) is 5.10 Å². The van der Waals surface area contributed by atoms with Crippen molar-refractivity contribution in [2.24, 2.45) is 0 Å². The van der Waals surface area contributed by atoms with Gasteiger partial charge in [0.1, 0.15) is 0 Å². The molecule has 1 unspecified atom stereocenters. The van der Waals surface area contributed by atoms with E-state index in [4.69, 9.17) is 0 Å². The van der Waals surface area contributed by atoms with Crippen LogP contribution in [0, 0.1) is 0 Å². The van der Waals surface area contributed by atoms with Crippen LogP contribution >= 0.6 is 15.9 Å². The maximum absolute atomic E-state index is 12.4. The van der Waals surface area contributed by atoms with Gasteiger partial charge in [-0.3, -0.25) is 4.79 Å². The topological polar surface area (TPSA) is 38.1 Å². The number of amides is 1. The molecular formula is C15H16BrN3O. The molecule has 4 nitrogen and oxygen atoms in total. The number of rotatable bonds is 2. The molecule has 20 heavy (non-hydrogen) atoms. The van der Waals surface area contributed by atoms with E-state index in [1.165, 1.54) is 0 Å². The summed E-state index contributed by atoms with van der Waals surface area (Å²) < 4.78 is 2.76. The molecule has 1 aliphatic heterocycles. The van der Waals surface area contributed by atoms with Crippen molar-refractivity contribution in [1.29, 1.82) is 0 Å².